The van der Waals surface area contributed by atoms with Gasteiger partial charge >= 0.3 is 0 Å². The highest BCUT2D eigenvalue weighted by molar-refractivity contribution is 5.85. The van der Waals surface area contributed by atoms with Crippen LogP contribution in [0.15, 0.2) is 36.9 Å². The summed E-state index contributed by atoms with van der Waals surface area (Å²) in [6.45, 7) is 9.05. The zero-order valence-corrected chi connectivity index (χ0v) is 14.3. The Hall–Kier alpha value is -1.03. The zero-order chi connectivity index (χ0) is 15.2. The lowest BCUT2D eigenvalue weighted by atomic mass is 9.80. The maximum atomic E-state index is 11.1. The van der Waals surface area contributed by atoms with Gasteiger partial charge in [-0.15, -0.1) is 12.4 Å². The van der Waals surface area contributed by atoms with Crippen molar-refractivity contribution in [2.24, 2.45) is 5.92 Å². The van der Waals surface area contributed by atoms with Gasteiger partial charge in [-0.1, -0.05) is 38.6 Å². The number of nitrogens with zero attached hydrogens (tertiary/aromatic N) is 1. The Labute approximate surface area is 135 Å². The average Bonchev–Trinajstić information content (AvgIpc) is 2.43. The van der Waals surface area contributed by atoms with Crippen LogP contribution in [0.3, 0.4) is 0 Å². The molecule has 0 saturated heterocycles. The molecule has 2 atom stereocenters. The van der Waals surface area contributed by atoms with Gasteiger partial charge in [-0.2, -0.15) is 0 Å². The minimum absolute atomic E-state index is 0. The van der Waals surface area contributed by atoms with Gasteiger partial charge in [0.2, 0.25) is 0 Å². The summed E-state index contributed by atoms with van der Waals surface area (Å²) >= 11 is 0. The zero-order valence-electron chi connectivity index (χ0n) is 13.5. The Kier molecular flexibility index (Phi) is 8.64. The third-order valence-electron chi connectivity index (χ3n) is 3.70. The fourth-order valence-corrected chi connectivity index (χ4v) is 2.55. The van der Waals surface area contributed by atoms with Gasteiger partial charge in [0.15, 0.2) is 0 Å². The minimum Gasteiger partial charge on any atom is -0.490 e. The first kappa shape index (κ1) is 20.0. The lowest BCUT2D eigenvalue weighted by Crippen LogP contribution is -2.38. The largest absolute Gasteiger partial charge is 0.490 e. The number of hydrogen-bond donors (Lipinski definition) is 1. The van der Waals surface area contributed by atoms with Gasteiger partial charge in [0.1, 0.15) is 12.4 Å². The van der Waals surface area contributed by atoms with Crippen molar-refractivity contribution in [3.8, 4) is 5.75 Å². The highest BCUT2D eigenvalue weighted by Crippen LogP contribution is 2.35. The second-order valence-corrected chi connectivity index (χ2v) is 5.57. The van der Waals surface area contributed by atoms with Gasteiger partial charge in [-0.3, -0.25) is 0 Å². The number of aliphatic hydroxyl groups is 1. The number of hydrogen-bond acceptors (Lipinski definition) is 3. The molecule has 120 valence electrons. The molecule has 0 radical (unpaired) electrons. The molecule has 1 N–H and O–H groups in total. The van der Waals surface area contributed by atoms with Crippen LogP contribution < -0.4 is 4.74 Å². The van der Waals surface area contributed by atoms with Crippen LogP contribution in [0.1, 0.15) is 25.8 Å². The monoisotopic (exact) mass is 313 g/mol. The standard InChI is InChI=1S/C17H27NO2.ClH/c1-6-11-20-16-10-8-9-15(12-16)17(19,7-2)14(3)13-18(4)5;/h6,8-10,12,14,19H,1,7,11,13H2,2-5H3;1H/t14-,17+;/m0./s1. The molecule has 0 spiro atoms. The lowest BCUT2D eigenvalue weighted by Gasteiger charge is -2.35. The van der Waals surface area contributed by atoms with E-state index in [2.05, 4.69) is 18.4 Å². The Morgan fingerprint density at radius 3 is 2.62 bits per heavy atom. The van der Waals surface area contributed by atoms with Crippen LogP contribution in [0.25, 0.3) is 0 Å². The minimum atomic E-state index is -0.835. The molecule has 0 aromatic heterocycles. The van der Waals surface area contributed by atoms with E-state index >= 15 is 0 Å². The Morgan fingerprint density at radius 1 is 1.43 bits per heavy atom. The summed E-state index contributed by atoms with van der Waals surface area (Å²) in [4.78, 5) is 2.10. The van der Waals surface area contributed by atoms with E-state index in [1.807, 2.05) is 45.3 Å². The predicted octanol–water partition coefficient (Wildman–Crippen LogP) is 3.47. The van der Waals surface area contributed by atoms with Crippen molar-refractivity contribution in [2.75, 3.05) is 27.2 Å². The van der Waals surface area contributed by atoms with Gasteiger partial charge in [-0.25, -0.2) is 0 Å². The van der Waals surface area contributed by atoms with Crippen molar-refractivity contribution in [3.05, 3.63) is 42.5 Å². The van der Waals surface area contributed by atoms with Gasteiger partial charge in [0, 0.05) is 12.5 Å². The molecule has 0 bridgehead atoms. The van der Waals surface area contributed by atoms with E-state index in [4.69, 9.17) is 4.74 Å². The van der Waals surface area contributed by atoms with Gasteiger partial charge in [-0.05, 0) is 38.2 Å². The van der Waals surface area contributed by atoms with Crippen LogP contribution >= 0.6 is 12.4 Å². The van der Waals surface area contributed by atoms with Crippen molar-refractivity contribution >= 4 is 12.4 Å². The Morgan fingerprint density at radius 2 is 2.10 bits per heavy atom. The quantitative estimate of drug-likeness (QED) is 0.746. The summed E-state index contributed by atoms with van der Waals surface area (Å²) in [6.07, 6.45) is 2.39. The smallest absolute Gasteiger partial charge is 0.120 e. The van der Waals surface area contributed by atoms with Crippen LogP contribution in [0, 0.1) is 5.92 Å². The second-order valence-electron chi connectivity index (χ2n) is 5.57. The third kappa shape index (κ3) is 5.34. The van der Waals surface area contributed by atoms with E-state index in [1.165, 1.54) is 0 Å². The molecule has 0 aliphatic heterocycles. The molecule has 1 rings (SSSR count). The number of rotatable bonds is 8. The van der Waals surface area contributed by atoms with Crippen molar-refractivity contribution < 1.29 is 9.84 Å². The summed E-state index contributed by atoms with van der Waals surface area (Å²) < 4.78 is 5.56. The number of benzene rings is 1. The van der Waals surface area contributed by atoms with Crippen LogP contribution in [0.4, 0.5) is 0 Å². The van der Waals surface area contributed by atoms with Crippen LogP contribution in [0.2, 0.25) is 0 Å². The van der Waals surface area contributed by atoms with Crippen LogP contribution in [0.5, 0.6) is 5.75 Å². The first-order valence-electron chi connectivity index (χ1n) is 7.15. The van der Waals surface area contributed by atoms with Gasteiger partial charge < -0.3 is 14.7 Å². The van der Waals surface area contributed by atoms with E-state index in [-0.39, 0.29) is 18.3 Å². The van der Waals surface area contributed by atoms with Crippen molar-refractivity contribution in [3.63, 3.8) is 0 Å². The van der Waals surface area contributed by atoms with Crippen molar-refractivity contribution in [2.45, 2.75) is 25.9 Å². The highest BCUT2D eigenvalue weighted by atomic mass is 35.5. The van der Waals surface area contributed by atoms with Crippen molar-refractivity contribution in [1.82, 2.24) is 4.90 Å². The molecule has 1 aromatic carbocycles. The van der Waals surface area contributed by atoms with E-state index in [9.17, 15) is 5.11 Å². The summed E-state index contributed by atoms with van der Waals surface area (Å²) in [5.41, 5.74) is 0.0774. The molecule has 4 heteroatoms. The Balaban J connectivity index is 0.00000400. The number of halogens is 1. The third-order valence-corrected chi connectivity index (χ3v) is 3.70. The fraction of sp³-hybridized carbons (Fsp3) is 0.529. The first-order chi connectivity index (χ1) is 9.43. The summed E-state index contributed by atoms with van der Waals surface area (Å²) in [6, 6.07) is 7.73. The maximum Gasteiger partial charge on any atom is 0.120 e. The summed E-state index contributed by atoms with van der Waals surface area (Å²) in [5, 5.41) is 11.1. The molecule has 21 heavy (non-hydrogen) atoms. The van der Waals surface area contributed by atoms with E-state index in [0.29, 0.717) is 13.0 Å². The SMILES string of the molecule is C=CCOc1cccc([C@@](O)(CC)[C@@H](C)CN(C)C)c1.Cl. The summed E-state index contributed by atoms with van der Waals surface area (Å²) in [7, 11) is 4.05. The van der Waals surface area contributed by atoms with Crippen molar-refractivity contribution in [1.29, 1.82) is 0 Å². The molecule has 0 aliphatic rings. The van der Waals surface area contributed by atoms with Crippen LogP contribution in [-0.2, 0) is 5.60 Å². The Bertz CT molecular complexity index is 437. The van der Waals surface area contributed by atoms with E-state index in [1.54, 1.807) is 6.08 Å². The van der Waals surface area contributed by atoms with Gasteiger partial charge in [0.25, 0.3) is 0 Å². The molecule has 0 heterocycles. The lowest BCUT2D eigenvalue weighted by molar-refractivity contribution is -0.0293. The molecular formula is C17H28ClNO2. The molecule has 0 aliphatic carbocycles. The second kappa shape index (κ2) is 9.08. The maximum absolute atomic E-state index is 11.1. The average molecular weight is 314 g/mol. The van der Waals surface area contributed by atoms with Crippen LogP contribution in [-0.4, -0.2) is 37.3 Å². The molecular weight excluding hydrogens is 286 g/mol. The van der Waals surface area contributed by atoms with E-state index < -0.39 is 5.60 Å². The van der Waals surface area contributed by atoms with E-state index in [0.717, 1.165) is 17.9 Å². The molecule has 0 saturated carbocycles. The fourth-order valence-electron chi connectivity index (χ4n) is 2.55. The normalized spacial score (nSPS) is 15.0. The summed E-state index contributed by atoms with van der Waals surface area (Å²) in [5.74, 6) is 0.906. The molecule has 1 aromatic rings. The molecule has 3 nitrogen and oxygen atoms in total. The molecule has 0 unspecified atom stereocenters. The predicted molar refractivity (Wildman–Crippen MR) is 91.3 cm³/mol. The highest BCUT2D eigenvalue weighted by Gasteiger charge is 2.34. The first-order valence-corrected chi connectivity index (χ1v) is 7.15. The topological polar surface area (TPSA) is 32.7 Å². The molecule has 0 fully saturated rings. The molecule has 0 amide bonds. The number of ether oxygens (including phenoxy) is 1. The van der Waals surface area contributed by atoms with Gasteiger partial charge in [0.05, 0.1) is 5.60 Å².